The average molecular weight is 450 g/mol. The van der Waals surface area contributed by atoms with Crippen molar-refractivity contribution in [3.05, 3.63) is 77.4 Å². The van der Waals surface area contributed by atoms with Crippen molar-refractivity contribution in [2.24, 2.45) is 0 Å². The maximum absolute atomic E-state index is 13.8. The van der Waals surface area contributed by atoms with Crippen LogP contribution in [-0.4, -0.2) is 31.2 Å². The van der Waals surface area contributed by atoms with Crippen LogP contribution >= 0.6 is 0 Å². The molecule has 0 saturated heterocycles. The van der Waals surface area contributed by atoms with E-state index in [0.717, 1.165) is 6.07 Å². The molecule has 0 aliphatic heterocycles. The summed E-state index contributed by atoms with van der Waals surface area (Å²) in [6.07, 6.45) is 4.08. The molecule has 0 radical (unpaired) electrons. The Kier molecular flexibility index (Phi) is 5.82. The van der Waals surface area contributed by atoms with Gasteiger partial charge in [0, 0.05) is 30.1 Å². The van der Waals surface area contributed by atoms with E-state index < -0.39 is 17.5 Å². The molecular formula is C23H20F2N6O2. The lowest BCUT2D eigenvalue weighted by molar-refractivity contribution is -0.115. The lowest BCUT2D eigenvalue weighted by atomic mass is 10.0. The van der Waals surface area contributed by atoms with Gasteiger partial charge in [-0.05, 0) is 37.6 Å². The number of rotatable bonds is 6. The maximum atomic E-state index is 13.8. The number of benzene rings is 1. The molecule has 0 bridgehead atoms. The standard InChI is InChI=1S/C23H20F2N6O2/c1-12(2)31-10-16(20-22(26)28-11-29-23(20)31)21(33)14-5-6-27-18(7-14)30-19(32)8-13-3-4-15(24)9-17(13)25/h3-7,9-12H,8H2,1-2H3,(H2,26,28,29)(H,27,30,32). The van der Waals surface area contributed by atoms with E-state index in [2.05, 4.69) is 20.3 Å². The number of halogens is 2. The predicted octanol–water partition coefficient (Wildman–Crippen LogP) is 3.68. The number of amides is 1. The second-order valence-corrected chi connectivity index (χ2v) is 7.72. The lowest BCUT2D eigenvalue weighted by Gasteiger charge is -2.07. The third kappa shape index (κ3) is 4.40. The fourth-order valence-corrected chi connectivity index (χ4v) is 3.49. The summed E-state index contributed by atoms with van der Waals surface area (Å²) in [5.41, 5.74) is 7.21. The van der Waals surface area contributed by atoms with Gasteiger partial charge in [-0.15, -0.1) is 0 Å². The number of fused-ring (bicyclic) bond motifs is 1. The summed E-state index contributed by atoms with van der Waals surface area (Å²) in [5, 5.41) is 2.98. The van der Waals surface area contributed by atoms with E-state index in [4.69, 9.17) is 5.73 Å². The van der Waals surface area contributed by atoms with Crippen molar-refractivity contribution >= 4 is 34.4 Å². The SMILES string of the molecule is CC(C)n1cc(C(=O)c2ccnc(NC(=O)Cc3ccc(F)cc3F)c2)c2c(N)ncnc21. The Labute approximate surface area is 187 Å². The van der Waals surface area contributed by atoms with Crippen molar-refractivity contribution in [3.63, 3.8) is 0 Å². The zero-order chi connectivity index (χ0) is 23.7. The van der Waals surface area contributed by atoms with Crippen LogP contribution in [0.15, 0.2) is 49.1 Å². The number of carbonyl (C=O) groups excluding carboxylic acids is 2. The van der Waals surface area contributed by atoms with E-state index in [9.17, 15) is 18.4 Å². The molecule has 0 fully saturated rings. The van der Waals surface area contributed by atoms with E-state index >= 15 is 0 Å². The molecule has 33 heavy (non-hydrogen) atoms. The molecule has 0 aliphatic carbocycles. The summed E-state index contributed by atoms with van der Waals surface area (Å²) in [7, 11) is 0. The Bertz CT molecular complexity index is 1380. The van der Waals surface area contributed by atoms with Gasteiger partial charge in [0.1, 0.15) is 35.2 Å². The number of anilines is 2. The third-order valence-corrected chi connectivity index (χ3v) is 5.10. The van der Waals surface area contributed by atoms with Gasteiger partial charge in [0.25, 0.3) is 0 Å². The van der Waals surface area contributed by atoms with E-state index in [1.54, 1.807) is 6.20 Å². The van der Waals surface area contributed by atoms with Crippen molar-refractivity contribution in [2.45, 2.75) is 26.3 Å². The first kappa shape index (κ1) is 22.0. The number of hydrogen-bond acceptors (Lipinski definition) is 6. The van der Waals surface area contributed by atoms with Gasteiger partial charge in [0.15, 0.2) is 5.78 Å². The Balaban J connectivity index is 1.60. The molecule has 4 aromatic rings. The first-order chi connectivity index (χ1) is 15.7. The third-order valence-electron chi connectivity index (χ3n) is 5.10. The first-order valence-electron chi connectivity index (χ1n) is 10.1. The Morgan fingerprint density at radius 1 is 1.12 bits per heavy atom. The van der Waals surface area contributed by atoms with Gasteiger partial charge in [-0.25, -0.2) is 23.7 Å². The predicted molar refractivity (Wildman–Crippen MR) is 119 cm³/mol. The largest absolute Gasteiger partial charge is 0.383 e. The highest BCUT2D eigenvalue weighted by molar-refractivity contribution is 6.18. The maximum Gasteiger partial charge on any atom is 0.230 e. The van der Waals surface area contributed by atoms with Crippen LogP contribution in [0, 0.1) is 11.6 Å². The van der Waals surface area contributed by atoms with E-state index in [0.29, 0.717) is 22.7 Å². The van der Waals surface area contributed by atoms with Crippen LogP contribution in [0.1, 0.15) is 41.4 Å². The molecule has 3 heterocycles. The van der Waals surface area contributed by atoms with E-state index in [1.807, 2.05) is 18.4 Å². The van der Waals surface area contributed by atoms with Crippen LogP contribution in [0.2, 0.25) is 0 Å². The molecule has 3 N–H and O–H groups in total. The van der Waals surface area contributed by atoms with Crippen LogP contribution in [0.4, 0.5) is 20.4 Å². The van der Waals surface area contributed by atoms with Gasteiger partial charge in [-0.1, -0.05) is 6.07 Å². The minimum atomic E-state index is -0.816. The summed E-state index contributed by atoms with van der Waals surface area (Å²) >= 11 is 0. The van der Waals surface area contributed by atoms with Crippen molar-refractivity contribution in [2.75, 3.05) is 11.1 Å². The van der Waals surface area contributed by atoms with Crippen LogP contribution < -0.4 is 11.1 Å². The molecule has 168 valence electrons. The van der Waals surface area contributed by atoms with Crippen molar-refractivity contribution < 1.29 is 18.4 Å². The minimum Gasteiger partial charge on any atom is -0.383 e. The highest BCUT2D eigenvalue weighted by Gasteiger charge is 2.22. The summed E-state index contributed by atoms with van der Waals surface area (Å²) in [5.74, 6) is -2.15. The van der Waals surface area contributed by atoms with Gasteiger partial charge in [-0.2, -0.15) is 0 Å². The fraction of sp³-hybridized carbons (Fsp3) is 0.174. The number of nitrogens with zero attached hydrogens (tertiary/aromatic N) is 4. The smallest absolute Gasteiger partial charge is 0.230 e. The van der Waals surface area contributed by atoms with Crippen molar-refractivity contribution in [1.82, 2.24) is 19.5 Å². The minimum absolute atomic E-state index is 0.0301. The molecule has 0 spiro atoms. The molecule has 0 atom stereocenters. The van der Waals surface area contributed by atoms with Crippen molar-refractivity contribution in [3.8, 4) is 0 Å². The molecule has 1 amide bonds. The van der Waals surface area contributed by atoms with Gasteiger partial charge in [0.05, 0.1) is 17.4 Å². The quantitative estimate of drug-likeness (QED) is 0.433. The monoisotopic (exact) mass is 450 g/mol. The zero-order valence-electron chi connectivity index (χ0n) is 17.8. The molecule has 0 aliphatic rings. The second-order valence-electron chi connectivity index (χ2n) is 7.72. The van der Waals surface area contributed by atoms with Gasteiger partial charge >= 0.3 is 0 Å². The van der Waals surface area contributed by atoms with Crippen LogP contribution in [0.5, 0.6) is 0 Å². The topological polar surface area (TPSA) is 116 Å². The number of hydrogen-bond donors (Lipinski definition) is 2. The number of nitrogen functional groups attached to an aromatic ring is 1. The molecule has 0 unspecified atom stereocenters. The van der Waals surface area contributed by atoms with Crippen LogP contribution in [-0.2, 0) is 11.2 Å². The Morgan fingerprint density at radius 2 is 1.91 bits per heavy atom. The Hall–Kier alpha value is -4.21. The number of ketones is 1. The van der Waals surface area contributed by atoms with Gasteiger partial charge < -0.3 is 15.6 Å². The zero-order valence-corrected chi connectivity index (χ0v) is 17.8. The van der Waals surface area contributed by atoms with E-state index in [-0.39, 0.29) is 41.0 Å². The fourth-order valence-electron chi connectivity index (χ4n) is 3.49. The molecule has 3 aromatic heterocycles. The number of carbonyl (C=O) groups is 2. The number of aromatic nitrogens is 4. The molecular weight excluding hydrogens is 430 g/mol. The van der Waals surface area contributed by atoms with Crippen molar-refractivity contribution in [1.29, 1.82) is 0 Å². The summed E-state index contributed by atoms with van der Waals surface area (Å²) < 4.78 is 28.7. The van der Waals surface area contributed by atoms with Gasteiger partial charge in [-0.3, -0.25) is 9.59 Å². The molecule has 1 aromatic carbocycles. The molecule has 4 rings (SSSR count). The van der Waals surface area contributed by atoms with Crippen LogP contribution in [0.3, 0.4) is 0 Å². The molecule has 10 heteroatoms. The first-order valence-corrected chi connectivity index (χ1v) is 10.1. The molecule has 8 nitrogen and oxygen atoms in total. The lowest BCUT2D eigenvalue weighted by Crippen LogP contribution is -2.16. The highest BCUT2D eigenvalue weighted by Crippen LogP contribution is 2.28. The normalized spacial score (nSPS) is 11.2. The summed E-state index contributed by atoms with van der Waals surface area (Å²) in [6.45, 7) is 3.91. The van der Waals surface area contributed by atoms with E-state index in [1.165, 1.54) is 30.7 Å². The summed E-state index contributed by atoms with van der Waals surface area (Å²) in [6, 6.07) is 5.95. The number of pyridine rings is 1. The average Bonchev–Trinajstić information content (AvgIpc) is 3.17. The second kappa shape index (κ2) is 8.73. The molecule has 0 saturated carbocycles. The number of nitrogens with two attached hydrogens (primary N) is 1. The Morgan fingerprint density at radius 3 is 2.64 bits per heavy atom. The van der Waals surface area contributed by atoms with Crippen LogP contribution in [0.25, 0.3) is 11.0 Å². The number of nitrogens with one attached hydrogen (secondary N) is 1. The summed E-state index contributed by atoms with van der Waals surface area (Å²) in [4.78, 5) is 38.0. The van der Waals surface area contributed by atoms with Gasteiger partial charge in [0.2, 0.25) is 5.91 Å². The highest BCUT2D eigenvalue weighted by atomic mass is 19.1.